The predicted octanol–water partition coefficient (Wildman–Crippen LogP) is 3.85. The van der Waals surface area contributed by atoms with Gasteiger partial charge in [-0.15, -0.1) is 0 Å². The van der Waals surface area contributed by atoms with Gasteiger partial charge in [0.15, 0.2) is 5.78 Å². The van der Waals surface area contributed by atoms with Gasteiger partial charge in [-0.05, 0) is 37.3 Å². The lowest BCUT2D eigenvalue weighted by Gasteiger charge is -2.55. The van der Waals surface area contributed by atoms with E-state index < -0.39 is 0 Å². The number of aromatic hydroxyl groups is 1. The maximum atomic E-state index is 12.2. The maximum absolute atomic E-state index is 12.2. The van der Waals surface area contributed by atoms with E-state index in [0.717, 1.165) is 26.1 Å². The number of carbonyl (C=O) groups is 1. The fourth-order valence-corrected chi connectivity index (χ4v) is 4.77. The monoisotopic (exact) mass is 345 g/mol. The van der Waals surface area contributed by atoms with Gasteiger partial charge in [-0.25, -0.2) is 0 Å². The molecule has 0 aromatic heterocycles. The minimum absolute atomic E-state index is 0.106. The number of halogens is 2. The molecule has 2 aliphatic heterocycles. The SMILES string of the molecule is O=C(CCCN1CC2(CCS2)C1)c1cc(Cl)cc(Cl)c1O. The lowest BCUT2D eigenvalue weighted by molar-refractivity contribution is 0.0934. The van der Waals surface area contributed by atoms with Crippen LogP contribution in [0.3, 0.4) is 0 Å². The molecule has 0 radical (unpaired) electrons. The minimum atomic E-state index is -0.167. The van der Waals surface area contributed by atoms with Crippen molar-refractivity contribution in [2.45, 2.75) is 24.0 Å². The first kappa shape index (κ1) is 15.5. The fourth-order valence-electron chi connectivity index (χ4n) is 2.94. The zero-order valence-electron chi connectivity index (χ0n) is 11.6. The molecule has 0 bridgehead atoms. The van der Waals surface area contributed by atoms with Gasteiger partial charge in [0.2, 0.25) is 0 Å². The van der Waals surface area contributed by atoms with Crippen LogP contribution in [0.2, 0.25) is 10.0 Å². The molecule has 0 amide bonds. The molecule has 0 saturated carbocycles. The molecule has 2 saturated heterocycles. The molecule has 0 atom stereocenters. The lowest BCUT2D eigenvalue weighted by Crippen LogP contribution is -2.63. The van der Waals surface area contributed by atoms with Crippen LogP contribution in [0.25, 0.3) is 0 Å². The Morgan fingerprint density at radius 2 is 2.10 bits per heavy atom. The predicted molar refractivity (Wildman–Crippen MR) is 87.9 cm³/mol. The molecule has 21 heavy (non-hydrogen) atoms. The number of benzene rings is 1. The van der Waals surface area contributed by atoms with Gasteiger partial charge in [0.05, 0.1) is 10.6 Å². The van der Waals surface area contributed by atoms with Crippen molar-refractivity contribution in [1.29, 1.82) is 0 Å². The molecule has 2 heterocycles. The molecule has 0 aliphatic carbocycles. The van der Waals surface area contributed by atoms with Crippen molar-refractivity contribution >= 4 is 40.7 Å². The summed E-state index contributed by atoms with van der Waals surface area (Å²) >= 11 is 13.8. The first-order chi connectivity index (χ1) is 9.99. The van der Waals surface area contributed by atoms with E-state index in [1.807, 2.05) is 0 Å². The number of thioether (sulfide) groups is 1. The van der Waals surface area contributed by atoms with Crippen molar-refractivity contribution in [3.05, 3.63) is 27.7 Å². The van der Waals surface area contributed by atoms with Gasteiger partial charge in [-0.3, -0.25) is 4.79 Å². The van der Waals surface area contributed by atoms with E-state index >= 15 is 0 Å². The van der Waals surface area contributed by atoms with Crippen molar-refractivity contribution in [2.24, 2.45) is 0 Å². The van der Waals surface area contributed by atoms with Gasteiger partial charge in [-0.1, -0.05) is 23.2 Å². The Bertz CT molecular complexity index is 567. The molecule has 2 fully saturated rings. The number of ketones is 1. The smallest absolute Gasteiger partial charge is 0.166 e. The Kier molecular flexibility index (Phi) is 4.42. The first-order valence-corrected chi connectivity index (χ1v) is 8.81. The van der Waals surface area contributed by atoms with Crippen LogP contribution in [0.5, 0.6) is 5.75 Å². The van der Waals surface area contributed by atoms with E-state index in [-0.39, 0.29) is 22.1 Å². The summed E-state index contributed by atoms with van der Waals surface area (Å²) in [5.41, 5.74) is 0.224. The summed E-state index contributed by atoms with van der Waals surface area (Å²) in [5.74, 6) is 1.02. The van der Waals surface area contributed by atoms with Crippen LogP contribution in [0.1, 0.15) is 29.6 Å². The molecule has 114 valence electrons. The van der Waals surface area contributed by atoms with Gasteiger partial charge in [0.25, 0.3) is 0 Å². The van der Waals surface area contributed by atoms with E-state index in [0.29, 0.717) is 16.2 Å². The van der Waals surface area contributed by atoms with Crippen molar-refractivity contribution < 1.29 is 9.90 Å². The highest BCUT2D eigenvalue weighted by Crippen LogP contribution is 2.47. The van der Waals surface area contributed by atoms with Crippen LogP contribution < -0.4 is 0 Å². The number of nitrogens with zero attached hydrogens (tertiary/aromatic N) is 1. The van der Waals surface area contributed by atoms with Crippen LogP contribution in [0.4, 0.5) is 0 Å². The summed E-state index contributed by atoms with van der Waals surface area (Å²) in [5, 5.41) is 10.3. The third kappa shape index (κ3) is 3.19. The lowest BCUT2D eigenvalue weighted by atomic mass is 9.94. The summed E-state index contributed by atoms with van der Waals surface area (Å²) in [6.45, 7) is 3.24. The van der Waals surface area contributed by atoms with Gasteiger partial charge in [-0.2, -0.15) is 11.8 Å². The zero-order valence-corrected chi connectivity index (χ0v) is 13.9. The molecule has 2 aliphatic rings. The standard InChI is InChI=1S/C15H17Cl2NO2S/c16-10-6-11(14(20)12(17)7-10)13(19)2-1-4-18-8-15(9-18)3-5-21-15/h6-7,20H,1-5,8-9H2. The second kappa shape index (κ2) is 5.99. The molecule has 0 unspecified atom stereocenters. The Hall–Kier alpha value is -0.420. The third-order valence-corrected chi connectivity index (χ3v) is 6.19. The van der Waals surface area contributed by atoms with E-state index in [9.17, 15) is 9.90 Å². The molecule has 3 nitrogen and oxygen atoms in total. The average Bonchev–Trinajstić information content (AvgIpc) is 2.34. The van der Waals surface area contributed by atoms with Gasteiger partial charge < -0.3 is 10.0 Å². The summed E-state index contributed by atoms with van der Waals surface area (Å²) in [7, 11) is 0. The average molecular weight is 346 g/mol. The largest absolute Gasteiger partial charge is 0.506 e. The van der Waals surface area contributed by atoms with Crippen molar-refractivity contribution in [2.75, 3.05) is 25.4 Å². The quantitative estimate of drug-likeness (QED) is 0.822. The van der Waals surface area contributed by atoms with Crippen LogP contribution in [0.15, 0.2) is 12.1 Å². The molecule has 1 spiro atoms. The maximum Gasteiger partial charge on any atom is 0.166 e. The van der Waals surface area contributed by atoms with Crippen molar-refractivity contribution in [1.82, 2.24) is 4.90 Å². The number of hydrogen-bond donors (Lipinski definition) is 1. The van der Waals surface area contributed by atoms with Crippen LogP contribution in [0, 0.1) is 0 Å². The minimum Gasteiger partial charge on any atom is -0.506 e. The molecule has 1 aromatic carbocycles. The van der Waals surface area contributed by atoms with Crippen LogP contribution >= 0.6 is 35.0 Å². The van der Waals surface area contributed by atoms with E-state index in [2.05, 4.69) is 16.7 Å². The van der Waals surface area contributed by atoms with Gasteiger partial charge >= 0.3 is 0 Å². The number of rotatable bonds is 5. The Labute approximate surface area is 138 Å². The second-order valence-electron chi connectivity index (χ2n) is 5.80. The number of phenols is 1. The second-order valence-corrected chi connectivity index (χ2v) is 8.21. The highest BCUT2D eigenvalue weighted by Gasteiger charge is 2.47. The van der Waals surface area contributed by atoms with Crippen molar-refractivity contribution in [3.8, 4) is 5.75 Å². The molecule has 3 rings (SSSR count). The summed E-state index contributed by atoms with van der Waals surface area (Å²) in [6, 6.07) is 2.92. The van der Waals surface area contributed by atoms with Crippen molar-refractivity contribution in [3.63, 3.8) is 0 Å². The van der Waals surface area contributed by atoms with Gasteiger partial charge in [0.1, 0.15) is 5.75 Å². The first-order valence-electron chi connectivity index (χ1n) is 7.07. The van der Waals surface area contributed by atoms with E-state index in [1.165, 1.54) is 24.3 Å². The van der Waals surface area contributed by atoms with Crippen LogP contribution in [-0.2, 0) is 0 Å². The normalized spacial score (nSPS) is 20.1. The Morgan fingerprint density at radius 3 is 2.71 bits per heavy atom. The van der Waals surface area contributed by atoms with Crippen LogP contribution in [-0.4, -0.2) is 45.9 Å². The topological polar surface area (TPSA) is 40.5 Å². The highest BCUT2D eigenvalue weighted by molar-refractivity contribution is 8.02. The summed E-state index contributed by atoms with van der Waals surface area (Å²) in [6.07, 6.45) is 2.53. The molecular weight excluding hydrogens is 329 g/mol. The number of hydrogen-bond acceptors (Lipinski definition) is 4. The fraction of sp³-hybridized carbons (Fsp3) is 0.533. The summed E-state index contributed by atoms with van der Waals surface area (Å²) < 4.78 is 0.544. The third-order valence-electron chi connectivity index (χ3n) is 4.20. The van der Waals surface area contributed by atoms with Gasteiger partial charge in [0, 0.05) is 29.3 Å². The molecular formula is C15H17Cl2NO2S. The number of Topliss-reactive ketones (excluding diaryl/α,β-unsaturated/α-hetero) is 1. The molecule has 1 N–H and O–H groups in total. The highest BCUT2D eigenvalue weighted by atomic mass is 35.5. The molecule has 6 heteroatoms. The Morgan fingerprint density at radius 1 is 1.38 bits per heavy atom. The van der Waals surface area contributed by atoms with E-state index in [4.69, 9.17) is 23.2 Å². The summed E-state index contributed by atoms with van der Waals surface area (Å²) in [4.78, 5) is 14.5. The van der Waals surface area contributed by atoms with E-state index in [1.54, 1.807) is 0 Å². The number of likely N-dealkylation sites (tertiary alicyclic amines) is 1. The number of phenolic OH excluding ortho intramolecular Hbond substituents is 1. The Balaban J connectivity index is 1.48. The number of carbonyl (C=O) groups excluding carboxylic acids is 1. The zero-order chi connectivity index (χ0) is 15.0. The molecule has 1 aromatic rings.